The van der Waals surface area contributed by atoms with Gasteiger partial charge in [0.1, 0.15) is 0 Å². The molecule has 0 saturated carbocycles. The Labute approximate surface area is 156 Å². The quantitative estimate of drug-likeness (QED) is 0.729. The number of hydrazine groups is 1. The van der Waals surface area contributed by atoms with Crippen molar-refractivity contribution in [2.75, 3.05) is 5.75 Å². The number of amides is 2. The van der Waals surface area contributed by atoms with E-state index in [0.717, 1.165) is 5.56 Å². The average Bonchev–Trinajstić information content (AvgIpc) is 2.63. The number of carbonyl (C=O) groups is 2. The van der Waals surface area contributed by atoms with Gasteiger partial charge in [0.25, 0.3) is 5.91 Å². The molecule has 26 heavy (non-hydrogen) atoms. The number of hydrogen-bond donors (Lipinski definition) is 2. The highest BCUT2D eigenvalue weighted by Gasteiger charge is 2.17. The second-order valence-electron chi connectivity index (χ2n) is 5.71. The van der Waals surface area contributed by atoms with Crippen LogP contribution >= 0.6 is 11.8 Å². The normalized spacial score (nSPS) is 11.5. The van der Waals surface area contributed by atoms with Gasteiger partial charge in [-0.05, 0) is 31.5 Å². The van der Waals surface area contributed by atoms with Crippen molar-refractivity contribution in [3.05, 3.63) is 65.5 Å². The lowest BCUT2D eigenvalue weighted by Gasteiger charge is -2.15. The standard InChI is InChI=1S/C19H21FN2O3S/c1-13-7-9-15(10-8-13)11-26-12-18(23)21-22-19(24)14(2)25-17-6-4-3-5-16(17)20/h3-10,14H,11-12H2,1-2H3,(H,21,23)(H,22,24)/t14-/m0/s1. The number of para-hydroxylation sites is 1. The van der Waals surface area contributed by atoms with Gasteiger partial charge in [-0.15, -0.1) is 11.8 Å². The van der Waals surface area contributed by atoms with Crippen LogP contribution in [0, 0.1) is 12.7 Å². The highest BCUT2D eigenvalue weighted by atomic mass is 32.2. The predicted octanol–water partition coefficient (Wildman–Crippen LogP) is 2.98. The van der Waals surface area contributed by atoms with Gasteiger partial charge in [0.2, 0.25) is 5.91 Å². The number of carbonyl (C=O) groups excluding carboxylic acids is 2. The van der Waals surface area contributed by atoms with Gasteiger partial charge in [-0.25, -0.2) is 4.39 Å². The van der Waals surface area contributed by atoms with Crippen LogP contribution in [0.2, 0.25) is 0 Å². The highest BCUT2D eigenvalue weighted by Crippen LogP contribution is 2.17. The molecule has 0 aliphatic heterocycles. The van der Waals surface area contributed by atoms with Crippen LogP contribution in [0.3, 0.4) is 0 Å². The zero-order valence-corrected chi connectivity index (χ0v) is 15.4. The van der Waals surface area contributed by atoms with Crippen LogP contribution in [0.5, 0.6) is 5.75 Å². The summed E-state index contributed by atoms with van der Waals surface area (Å²) in [4.78, 5) is 23.7. The predicted molar refractivity (Wildman–Crippen MR) is 100 cm³/mol. The summed E-state index contributed by atoms with van der Waals surface area (Å²) in [5.41, 5.74) is 6.92. The Morgan fingerprint density at radius 1 is 1.12 bits per heavy atom. The Balaban J connectivity index is 1.68. The summed E-state index contributed by atoms with van der Waals surface area (Å²) in [5, 5.41) is 0. The van der Waals surface area contributed by atoms with Gasteiger partial charge in [-0.1, -0.05) is 42.0 Å². The van der Waals surface area contributed by atoms with Crippen LogP contribution < -0.4 is 15.6 Å². The SMILES string of the molecule is Cc1ccc(CSCC(=O)NNC(=O)[C@H](C)Oc2ccccc2F)cc1. The molecule has 2 N–H and O–H groups in total. The lowest BCUT2D eigenvalue weighted by atomic mass is 10.2. The third kappa shape index (κ3) is 6.40. The van der Waals surface area contributed by atoms with Crippen molar-refractivity contribution >= 4 is 23.6 Å². The summed E-state index contributed by atoms with van der Waals surface area (Å²) in [6, 6.07) is 13.9. The fourth-order valence-corrected chi connectivity index (χ4v) is 2.79. The summed E-state index contributed by atoms with van der Waals surface area (Å²) in [6.07, 6.45) is -0.951. The summed E-state index contributed by atoms with van der Waals surface area (Å²) in [6.45, 7) is 3.49. The van der Waals surface area contributed by atoms with E-state index in [2.05, 4.69) is 10.9 Å². The molecule has 7 heteroatoms. The Morgan fingerprint density at radius 2 is 1.81 bits per heavy atom. The lowest BCUT2D eigenvalue weighted by Crippen LogP contribution is -2.47. The van der Waals surface area contributed by atoms with E-state index >= 15 is 0 Å². The van der Waals surface area contributed by atoms with Gasteiger partial charge in [0, 0.05) is 5.75 Å². The van der Waals surface area contributed by atoms with Crippen LogP contribution in [0.25, 0.3) is 0 Å². The summed E-state index contributed by atoms with van der Waals surface area (Å²) < 4.78 is 18.7. The molecule has 0 heterocycles. The minimum atomic E-state index is -0.951. The third-order valence-electron chi connectivity index (χ3n) is 3.46. The molecule has 5 nitrogen and oxygen atoms in total. The van der Waals surface area contributed by atoms with Crippen LogP contribution in [-0.4, -0.2) is 23.7 Å². The average molecular weight is 376 g/mol. The van der Waals surface area contributed by atoms with E-state index in [4.69, 9.17) is 4.74 Å². The fourth-order valence-electron chi connectivity index (χ4n) is 2.00. The van der Waals surface area contributed by atoms with Gasteiger partial charge in [-0.2, -0.15) is 0 Å². The molecule has 0 fully saturated rings. The topological polar surface area (TPSA) is 67.4 Å². The van der Waals surface area contributed by atoms with E-state index in [-0.39, 0.29) is 17.4 Å². The number of aryl methyl sites for hydroxylation is 1. The minimum Gasteiger partial charge on any atom is -0.478 e. The first-order valence-electron chi connectivity index (χ1n) is 8.09. The van der Waals surface area contributed by atoms with Crippen molar-refractivity contribution in [1.29, 1.82) is 0 Å². The molecule has 1 atom stereocenters. The molecule has 2 rings (SSSR count). The maximum absolute atomic E-state index is 13.5. The van der Waals surface area contributed by atoms with E-state index in [1.165, 1.54) is 42.4 Å². The van der Waals surface area contributed by atoms with Crippen molar-refractivity contribution in [3.8, 4) is 5.75 Å². The van der Waals surface area contributed by atoms with Crippen molar-refractivity contribution in [2.45, 2.75) is 25.7 Å². The van der Waals surface area contributed by atoms with E-state index in [1.807, 2.05) is 31.2 Å². The molecule has 0 bridgehead atoms. The first-order valence-corrected chi connectivity index (χ1v) is 9.24. The number of halogens is 1. The molecule has 0 radical (unpaired) electrons. The molecule has 138 valence electrons. The maximum atomic E-state index is 13.5. The molecule has 0 unspecified atom stereocenters. The largest absolute Gasteiger partial charge is 0.478 e. The molecule has 0 spiro atoms. The number of rotatable bonds is 7. The zero-order chi connectivity index (χ0) is 18.9. The fraction of sp³-hybridized carbons (Fsp3) is 0.263. The summed E-state index contributed by atoms with van der Waals surface area (Å²) >= 11 is 1.44. The third-order valence-corrected chi connectivity index (χ3v) is 4.46. The number of hydrogen-bond acceptors (Lipinski definition) is 4. The van der Waals surface area contributed by atoms with Gasteiger partial charge in [-0.3, -0.25) is 20.4 Å². The van der Waals surface area contributed by atoms with Crippen LogP contribution in [0.4, 0.5) is 4.39 Å². The van der Waals surface area contributed by atoms with Crippen LogP contribution in [0.1, 0.15) is 18.1 Å². The Kier molecular flexibility index (Phi) is 7.47. The summed E-state index contributed by atoms with van der Waals surface area (Å²) in [5.74, 6) is -0.553. The van der Waals surface area contributed by atoms with Crippen molar-refractivity contribution in [1.82, 2.24) is 10.9 Å². The van der Waals surface area contributed by atoms with Gasteiger partial charge in [0.15, 0.2) is 17.7 Å². The first-order chi connectivity index (χ1) is 12.5. The Hall–Kier alpha value is -2.54. The molecule has 0 aliphatic rings. The second-order valence-corrected chi connectivity index (χ2v) is 6.69. The molecular formula is C19H21FN2O3S. The van der Waals surface area contributed by atoms with Gasteiger partial charge >= 0.3 is 0 Å². The molecular weight excluding hydrogens is 355 g/mol. The van der Waals surface area contributed by atoms with Crippen LogP contribution in [-0.2, 0) is 15.3 Å². The van der Waals surface area contributed by atoms with E-state index < -0.39 is 17.8 Å². The molecule has 0 aliphatic carbocycles. The molecule has 0 aromatic heterocycles. The number of ether oxygens (including phenoxy) is 1. The number of nitrogens with one attached hydrogen (secondary N) is 2. The van der Waals surface area contributed by atoms with Crippen molar-refractivity contribution in [2.24, 2.45) is 0 Å². The summed E-state index contributed by atoms with van der Waals surface area (Å²) in [7, 11) is 0. The minimum absolute atomic E-state index is 0.0184. The Bertz CT molecular complexity index is 753. The number of benzene rings is 2. The second kappa shape index (κ2) is 9.82. The van der Waals surface area contributed by atoms with E-state index in [9.17, 15) is 14.0 Å². The lowest BCUT2D eigenvalue weighted by molar-refractivity contribution is -0.132. The smallest absolute Gasteiger partial charge is 0.279 e. The molecule has 2 aromatic carbocycles. The van der Waals surface area contributed by atoms with Crippen molar-refractivity contribution in [3.63, 3.8) is 0 Å². The van der Waals surface area contributed by atoms with Crippen LogP contribution in [0.15, 0.2) is 48.5 Å². The first kappa shape index (κ1) is 19.8. The monoisotopic (exact) mass is 376 g/mol. The number of thioether (sulfide) groups is 1. The maximum Gasteiger partial charge on any atom is 0.279 e. The van der Waals surface area contributed by atoms with Crippen molar-refractivity contribution < 1.29 is 18.7 Å². The van der Waals surface area contributed by atoms with Gasteiger partial charge < -0.3 is 4.74 Å². The Morgan fingerprint density at radius 3 is 2.50 bits per heavy atom. The van der Waals surface area contributed by atoms with E-state index in [1.54, 1.807) is 6.07 Å². The highest BCUT2D eigenvalue weighted by molar-refractivity contribution is 7.99. The molecule has 2 amide bonds. The molecule has 0 saturated heterocycles. The molecule has 2 aromatic rings. The van der Waals surface area contributed by atoms with Gasteiger partial charge in [0.05, 0.1) is 5.75 Å². The van der Waals surface area contributed by atoms with E-state index in [0.29, 0.717) is 5.75 Å². The zero-order valence-electron chi connectivity index (χ0n) is 14.6.